The smallest absolute Gasteiger partial charge is 0.165 e. The summed E-state index contributed by atoms with van der Waals surface area (Å²) in [4.78, 5) is 10.7. The van der Waals surface area contributed by atoms with Crippen LogP contribution in [-0.4, -0.2) is 19.1 Å². The molecule has 0 radical (unpaired) electrons. The van der Waals surface area contributed by atoms with Gasteiger partial charge in [-0.2, -0.15) is 0 Å². The molecule has 11 aromatic rings. The monoisotopic (exact) mass is 662 g/mol. The predicted molar refractivity (Wildman–Crippen MR) is 217 cm³/mol. The van der Waals surface area contributed by atoms with Crippen molar-refractivity contribution in [1.29, 1.82) is 0 Å². The number of aromatic nitrogens is 4. The zero-order valence-electron chi connectivity index (χ0n) is 28.1. The van der Waals surface area contributed by atoms with Gasteiger partial charge in [0.1, 0.15) is 5.69 Å². The second-order valence-corrected chi connectivity index (χ2v) is 13.4. The lowest BCUT2D eigenvalue weighted by Crippen LogP contribution is -2.04. The zero-order valence-corrected chi connectivity index (χ0v) is 28.1. The van der Waals surface area contributed by atoms with E-state index in [0.29, 0.717) is 0 Å². The Labute approximate surface area is 299 Å². The van der Waals surface area contributed by atoms with Crippen LogP contribution in [0.5, 0.6) is 0 Å². The summed E-state index contributed by atoms with van der Waals surface area (Å²) >= 11 is 0. The minimum atomic E-state index is 0.810. The SMILES string of the molecule is c1ccc(-c2ccc(-c3nc4ccccc4nc3-n3c4ccccc4c4cc5c6ccc7ccccc7c6n(-c6ccccc6)c5cc43)cc2)cc1. The van der Waals surface area contributed by atoms with Crippen molar-refractivity contribution in [2.24, 2.45) is 0 Å². The Kier molecular flexibility index (Phi) is 6.22. The maximum absolute atomic E-state index is 5.41. The van der Waals surface area contributed by atoms with Gasteiger partial charge in [0.15, 0.2) is 5.82 Å². The van der Waals surface area contributed by atoms with E-state index in [9.17, 15) is 0 Å². The number of hydrogen-bond donors (Lipinski definition) is 0. The molecule has 0 aliphatic carbocycles. The molecule has 52 heavy (non-hydrogen) atoms. The van der Waals surface area contributed by atoms with E-state index in [0.717, 1.165) is 50.3 Å². The van der Waals surface area contributed by atoms with Crippen LogP contribution in [0.1, 0.15) is 0 Å². The van der Waals surface area contributed by atoms with E-state index in [1.54, 1.807) is 0 Å². The maximum Gasteiger partial charge on any atom is 0.165 e. The molecule has 0 amide bonds. The average molecular weight is 663 g/mol. The van der Waals surface area contributed by atoms with E-state index >= 15 is 0 Å². The van der Waals surface area contributed by atoms with Crippen molar-refractivity contribution in [3.05, 3.63) is 182 Å². The quantitative estimate of drug-likeness (QED) is 0.188. The lowest BCUT2D eigenvalue weighted by Gasteiger charge is -2.14. The molecule has 3 aromatic heterocycles. The van der Waals surface area contributed by atoms with Gasteiger partial charge in [0.05, 0.1) is 33.1 Å². The van der Waals surface area contributed by atoms with Crippen molar-refractivity contribution in [3.8, 4) is 33.9 Å². The van der Waals surface area contributed by atoms with E-state index < -0.39 is 0 Å². The summed E-state index contributed by atoms with van der Waals surface area (Å²) in [5.74, 6) is 0.810. The summed E-state index contributed by atoms with van der Waals surface area (Å²) in [6, 6.07) is 64.8. The van der Waals surface area contributed by atoms with Gasteiger partial charge in [-0.05, 0) is 59.0 Å². The number of para-hydroxylation sites is 4. The fraction of sp³-hybridized carbons (Fsp3) is 0. The Balaban J connectivity index is 1.26. The Hall–Kier alpha value is -7.04. The molecule has 0 bridgehead atoms. The number of rotatable bonds is 4. The van der Waals surface area contributed by atoms with Gasteiger partial charge in [0.2, 0.25) is 0 Å². The molecule has 0 fully saturated rings. The summed E-state index contributed by atoms with van der Waals surface area (Å²) < 4.78 is 4.76. The fourth-order valence-electron chi connectivity index (χ4n) is 8.10. The van der Waals surface area contributed by atoms with Gasteiger partial charge in [-0.25, -0.2) is 9.97 Å². The van der Waals surface area contributed by atoms with Crippen LogP contribution in [0, 0.1) is 0 Å². The second kappa shape index (κ2) is 11.2. The predicted octanol–water partition coefficient (Wildman–Crippen LogP) is 12.3. The van der Waals surface area contributed by atoms with Crippen LogP contribution < -0.4 is 0 Å². The largest absolute Gasteiger partial charge is 0.309 e. The summed E-state index contributed by atoms with van der Waals surface area (Å²) in [6.45, 7) is 0. The van der Waals surface area contributed by atoms with Crippen molar-refractivity contribution in [2.75, 3.05) is 0 Å². The Morgan fingerprint density at radius 2 is 0.942 bits per heavy atom. The van der Waals surface area contributed by atoms with Crippen molar-refractivity contribution >= 4 is 65.4 Å². The first-order valence-corrected chi connectivity index (χ1v) is 17.7. The molecular weight excluding hydrogens is 633 g/mol. The Morgan fingerprint density at radius 1 is 0.346 bits per heavy atom. The molecule has 4 nitrogen and oxygen atoms in total. The topological polar surface area (TPSA) is 35.6 Å². The third-order valence-corrected chi connectivity index (χ3v) is 10.5. The van der Waals surface area contributed by atoms with Gasteiger partial charge in [-0.3, -0.25) is 4.57 Å². The van der Waals surface area contributed by atoms with Crippen LogP contribution >= 0.6 is 0 Å². The molecule has 3 heterocycles. The Bertz CT molecular complexity index is 3160. The van der Waals surface area contributed by atoms with E-state index in [1.807, 2.05) is 18.2 Å². The van der Waals surface area contributed by atoms with Crippen LogP contribution in [0.4, 0.5) is 0 Å². The van der Waals surface area contributed by atoms with Gasteiger partial charge in [0, 0.05) is 38.2 Å². The molecule has 0 spiro atoms. The van der Waals surface area contributed by atoms with Gasteiger partial charge < -0.3 is 4.57 Å². The number of nitrogens with zero attached hydrogens (tertiary/aromatic N) is 4. The normalized spacial score (nSPS) is 11.8. The zero-order chi connectivity index (χ0) is 34.2. The summed E-state index contributed by atoms with van der Waals surface area (Å²) in [6.07, 6.45) is 0. The van der Waals surface area contributed by atoms with Crippen LogP contribution in [0.25, 0.3) is 99.3 Å². The highest BCUT2D eigenvalue weighted by atomic mass is 15.1. The molecule has 4 heteroatoms. The van der Waals surface area contributed by atoms with Crippen molar-refractivity contribution in [1.82, 2.24) is 19.1 Å². The fourth-order valence-corrected chi connectivity index (χ4v) is 8.10. The molecule has 0 atom stereocenters. The lowest BCUT2D eigenvalue weighted by atomic mass is 10.0. The van der Waals surface area contributed by atoms with Crippen molar-refractivity contribution in [2.45, 2.75) is 0 Å². The van der Waals surface area contributed by atoms with E-state index in [1.165, 1.54) is 49.0 Å². The molecule has 11 rings (SSSR count). The van der Waals surface area contributed by atoms with Gasteiger partial charge in [-0.15, -0.1) is 0 Å². The van der Waals surface area contributed by atoms with Crippen molar-refractivity contribution < 1.29 is 0 Å². The summed E-state index contributed by atoms with van der Waals surface area (Å²) in [5, 5.41) is 7.29. The van der Waals surface area contributed by atoms with E-state index in [4.69, 9.17) is 9.97 Å². The first kappa shape index (κ1) is 28.8. The number of benzene rings is 8. The first-order chi connectivity index (χ1) is 25.8. The molecule has 0 saturated heterocycles. The van der Waals surface area contributed by atoms with Gasteiger partial charge in [-0.1, -0.05) is 140 Å². The third kappa shape index (κ3) is 4.28. The molecule has 0 aliphatic heterocycles. The molecule has 242 valence electrons. The Morgan fingerprint density at radius 3 is 1.75 bits per heavy atom. The van der Waals surface area contributed by atoms with E-state index in [2.05, 4.69) is 173 Å². The molecule has 0 saturated carbocycles. The minimum Gasteiger partial charge on any atom is -0.309 e. The van der Waals surface area contributed by atoms with Gasteiger partial charge in [0.25, 0.3) is 0 Å². The average Bonchev–Trinajstić information content (AvgIpc) is 3.72. The lowest BCUT2D eigenvalue weighted by molar-refractivity contribution is 1.08. The molecule has 8 aromatic carbocycles. The first-order valence-electron chi connectivity index (χ1n) is 17.7. The highest BCUT2D eigenvalue weighted by Gasteiger charge is 2.22. The molecule has 0 N–H and O–H groups in total. The number of hydrogen-bond acceptors (Lipinski definition) is 2. The number of fused-ring (bicyclic) bond motifs is 9. The van der Waals surface area contributed by atoms with Crippen LogP contribution in [0.2, 0.25) is 0 Å². The third-order valence-electron chi connectivity index (χ3n) is 10.5. The second-order valence-electron chi connectivity index (χ2n) is 13.4. The molecule has 0 aliphatic rings. The summed E-state index contributed by atoms with van der Waals surface area (Å²) in [5.41, 5.74) is 11.6. The van der Waals surface area contributed by atoms with Crippen LogP contribution in [0.3, 0.4) is 0 Å². The molecule has 0 unspecified atom stereocenters. The van der Waals surface area contributed by atoms with Crippen LogP contribution in [0.15, 0.2) is 182 Å². The van der Waals surface area contributed by atoms with Crippen molar-refractivity contribution in [3.63, 3.8) is 0 Å². The standard InChI is InChI=1S/C48H30N4/c1-3-13-31(14-4-1)32-23-25-34(26-24-32)46-48(50-42-21-11-10-20-41(42)49-46)52-43-22-12-9-19-37(43)39-29-40-38-28-27-33-15-7-8-18-36(33)47(38)51(44(40)30-45(39)52)35-16-5-2-6-17-35/h1-30H. The summed E-state index contributed by atoms with van der Waals surface area (Å²) in [7, 11) is 0. The molecular formula is C48H30N4. The van der Waals surface area contributed by atoms with Gasteiger partial charge >= 0.3 is 0 Å². The maximum atomic E-state index is 5.41. The van der Waals surface area contributed by atoms with Crippen LogP contribution in [-0.2, 0) is 0 Å². The minimum absolute atomic E-state index is 0.810. The van der Waals surface area contributed by atoms with E-state index in [-0.39, 0.29) is 0 Å². The highest BCUT2D eigenvalue weighted by molar-refractivity contribution is 6.23. The highest BCUT2D eigenvalue weighted by Crippen LogP contribution is 2.42.